The lowest BCUT2D eigenvalue weighted by atomic mass is 9.96. The van der Waals surface area contributed by atoms with Crippen LogP contribution in [0.15, 0.2) is 33.7 Å². The Labute approximate surface area is 169 Å². The van der Waals surface area contributed by atoms with Crippen LogP contribution in [-0.2, 0) is 19.6 Å². The molecule has 0 atom stereocenters. The molecular formula is C19H24N4O5S. The first-order chi connectivity index (χ1) is 13.7. The molecule has 1 aromatic heterocycles. The number of carbonyl (C=O) groups excluding carboxylic acids is 2. The van der Waals surface area contributed by atoms with Crippen molar-refractivity contribution < 1.29 is 22.5 Å². The van der Waals surface area contributed by atoms with Crippen LogP contribution < -0.4 is 10.0 Å². The highest BCUT2D eigenvalue weighted by atomic mass is 32.2. The van der Waals surface area contributed by atoms with Crippen molar-refractivity contribution in [1.29, 1.82) is 0 Å². The number of benzene rings is 1. The molecule has 29 heavy (non-hydrogen) atoms. The van der Waals surface area contributed by atoms with Gasteiger partial charge < -0.3 is 14.7 Å². The summed E-state index contributed by atoms with van der Waals surface area (Å²) in [4.78, 5) is 25.6. The van der Waals surface area contributed by atoms with Crippen LogP contribution >= 0.6 is 0 Å². The minimum atomic E-state index is -3.84. The summed E-state index contributed by atoms with van der Waals surface area (Å²) in [5.41, 5.74) is 1.73. The van der Waals surface area contributed by atoms with Gasteiger partial charge in [0.05, 0.1) is 10.6 Å². The van der Waals surface area contributed by atoms with Crippen molar-refractivity contribution in [3.8, 4) is 0 Å². The van der Waals surface area contributed by atoms with Crippen LogP contribution in [0.1, 0.15) is 31.0 Å². The first-order valence-electron chi connectivity index (χ1n) is 9.29. The van der Waals surface area contributed by atoms with Crippen LogP contribution in [-0.4, -0.2) is 43.4 Å². The Hall–Kier alpha value is -2.88. The monoisotopic (exact) mass is 420 g/mol. The zero-order valence-corrected chi connectivity index (χ0v) is 17.4. The third kappa shape index (κ3) is 4.76. The fourth-order valence-electron chi connectivity index (χ4n) is 3.11. The molecule has 10 heteroatoms. The van der Waals surface area contributed by atoms with Gasteiger partial charge in [0.15, 0.2) is 0 Å². The summed E-state index contributed by atoms with van der Waals surface area (Å²) >= 11 is 0. The second-order valence-corrected chi connectivity index (χ2v) is 8.80. The number of aromatic nitrogens is 1. The Morgan fingerprint density at radius 3 is 2.28 bits per heavy atom. The number of likely N-dealkylation sites (tertiary alicyclic amines) is 1. The standard InChI is InChI=1S/C19H24N4O5S/c1-12-13(2)21-28-19(12)22-29(26,27)17-6-4-16(5-7-17)20-18(25)15-8-10-23(11-9-15)14(3)24/h4-7,15,22H,8-11H2,1-3H3,(H,20,25). The van der Waals surface area contributed by atoms with Crippen molar-refractivity contribution in [2.45, 2.75) is 38.5 Å². The summed E-state index contributed by atoms with van der Waals surface area (Å²) in [6, 6.07) is 5.90. The fraction of sp³-hybridized carbons (Fsp3) is 0.421. The second-order valence-electron chi connectivity index (χ2n) is 7.12. The van der Waals surface area contributed by atoms with Crippen LogP contribution in [0.3, 0.4) is 0 Å². The van der Waals surface area contributed by atoms with Crippen LogP contribution in [0, 0.1) is 19.8 Å². The van der Waals surface area contributed by atoms with E-state index >= 15 is 0 Å². The molecule has 2 amide bonds. The number of nitrogens with zero attached hydrogens (tertiary/aromatic N) is 2. The Bertz CT molecular complexity index is 1010. The molecule has 3 rings (SSSR count). The van der Waals surface area contributed by atoms with Gasteiger partial charge in [-0.1, -0.05) is 5.16 Å². The normalized spacial score (nSPS) is 15.2. The van der Waals surface area contributed by atoms with Gasteiger partial charge in [0, 0.05) is 37.2 Å². The van der Waals surface area contributed by atoms with Gasteiger partial charge in [-0.05, 0) is 51.0 Å². The van der Waals surface area contributed by atoms with E-state index in [1.165, 1.54) is 31.2 Å². The van der Waals surface area contributed by atoms with E-state index in [4.69, 9.17) is 4.52 Å². The lowest BCUT2D eigenvalue weighted by molar-refractivity contribution is -0.132. The highest BCUT2D eigenvalue weighted by Crippen LogP contribution is 2.23. The first kappa shape index (κ1) is 20.8. The number of anilines is 2. The van der Waals surface area contributed by atoms with E-state index in [9.17, 15) is 18.0 Å². The van der Waals surface area contributed by atoms with Gasteiger partial charge in [-0.25, -0.2) is 13.1 Å². The molecule has 0 radical (unpaired) electrons. The number of aryl methyl sites for hydroxylation is 1. The molecule has 0 unspecified atom stereocenters. The second kappa shape index (κ2) is 8.24. The highest BCUT2D eigenvalue weighted by Gasteiger charge is 2.26. The molecule has 0 saturated carbocycles. The molecule has 1 saturated heterocycles. The Balaban J connectivity index is 1.62. The smallest absolute Gasteiger partial charge is 0.264 e. The minimum Gasteiger partial charge on any atom is -0.343 e. The average Bonchev–Trinajstić information content (AvgIpc) is 3.00. The van der Waals surface area contributed by atoms with E-state index in [1.807, 2.05) is 0 Å². The lowest BCUT2D eigenvalue weighted by Gasteiger charge is -2.30. The number of rotatable bonds is 5. The first-order valence-corrected chi connectivity index (χ1v) is 10.8. The zero-order valence-electron chi connectivity index (χ0n) is 16.6. The maximum atomic E-state index is 12.5. The van der Waals surface area contributed by atoms with Gasteiger partial charge in [-0.2, -0.15) is 0 Å². The van der Waals surface area contributed by atoms with Crippen molar-refractivity contribution in [3.63, 3.8) is 0 Å². The van der Waals surface area contributed by atoms with Crippen LogP contribution in [0.2, 0.25) is 0 Å². The van der Waals surface area contributed by atoms with E-state index in [1.54, 1.807) is 18.7 Å². The molecule has 0 spiro atoms. The van der Waals surface area contributed by atoms with E-state index in [0.717, 1.165) is 0 Å². The van der Waals surface area contributed by atoms with Crippen LogP contribution in [0.4, 0.5) is 11.6 Å². The molecule has 156 valence electrons. The fourth-order valence-corrected chi connectivity index (χ4v) is 4.16. The maximum Gasteiger partial charge on any atom is 0.264 e. The van der Waals surface area contributed by atoms with Crippen molar-refractivity contribution in [2.75, 3.05) is 23.1 Å². The molecule has 0 bridgehead atoms. The summed E-state index contributed by atoms with van der Waals surface area (Å²) in [7, 11) is -3.84. The van der Waals surface area contributed by atoms with Crippen molar-refractivity contribution >= 4 is 33.4 Å². The van der Waals surface area contributed by atoms with Gasteiger partial charge in [0.1, 0.15) is 0 Å². The number of amides is 2. The number of hydrogen-bond donors (Lipinski definition) is 2. The maximum absolute atomic E-state index is 12.5. The number of nitrogens with one attached hydrogen (secondary N) is 2. The van der Waals surface area contributed by atoms with E-state index in [0.29, 0.717) is 42.9 Å². The third-order valence-corrected chi connectivity index (χ3v) is 6.47. The Morgan fingerprint density at radius 2 is 1.76 bits per heavy atom. The summed E-state index contributed by atoms with van der Waals surface area (Å²) in [6.45, 7) is 6.09. The van der Waals surface area contributed by atoms with Gasteiger partial charge in [0.2, 0.25) is 17.7 Å². The summed E-state index contributed by atoms with van der Waals surface area (Å²) in [5.74, 6) is -0.204. The van der Waals surface area contributed by atoms with Crippen molar-refractivity contribution in [1.82, 2.24) is 10.1 Å². The van der Waals surface area contributed by atoms with Crippen molar-refractivity contribution in [2.24, 2.45) is 5.92 Å². The molecular weight excluding hydrogens is 396 g/mol. The largest absolute Gasteiger partial charge is 0.343 e. The topological polar surface area (TPSA) is 122 Å². The molecule has 2 aromatic rings. The predicted octanol–water partition coefficient (Wildman–Crippen LogP) is 2.29. The molecule has 1 aliphatic rings. The molecule has 0 aliphatic carbocycles. The van der Waals surface area contributed by atoms with Crippen LogP contribution in [0.5, 0.6) is 0 Å². The number of sulfonamides is 1. The average molecular weight is 420 g/mol. The zero-order chi connectivity index (χ0) is 21.2. The summed E-state index contributed by atoms with van der Waals surface area (Å²) in [5, 5.41) is 6.54. The number of hydrogen-bond acceptors (Lipinski definition) is 6. The van der Waals surface area contributed by atoms with Crippen molar-refractivity contribution in [3.05, 3.63) is 35.5 Å². The van der Waals surface area contributed by atoms with E-state index in [-0.39, 0.29) is 28.5 Å². The molecule has 9 nitrogen and oxygen atoms in total. The Kier molecular flexibility index (Phi) is 5.92. The van der Waals surface area contributed by atoms with Gasteiger partial charge >= 0.3 is 0 Å². The molecule has 1 aliphatic heterocycles. The van der Waals surface area contributed by atoms with Gasteiger partial charge in [-0.3, -0.25) is 9.59 Å². The van der Waals surface area contributed by atoms with E-state index in [2.05, 4.69) is 15.2 Å². The predicted molar refractivity (Wildman–Crippen MR) is 107 cm³/mol. The minimum absolute atomic E-state index is 0.0185. The summed E-state index contributed by atoms with van der Waals surface area (Å²) in [6.07, 6.45) is 1.22. The molecule has 1 fully saturated rings. The van der Waals surface area contributed by atoms with Crippen LogP contribution in [0.25, 0.3) is 0 Å². The number of piperidine rings is 1. The SMILES string of the molecule is CC(=O)N1CCC(C(=O)Nc2ccc(S(=O)(=O)Nc3onc(C)c3C)cc2)CC1. The quantitative estimate of drug-likeness (QED) is 0.765. The third-order valence-electron chi connectivity index (χ3n) is 5.13. The van der Waals surface area contributed by atoms with Gasteiger partial charge in [-0.15, -0.1) is 0 Å². The summed E-state index contributed by atoms with van der Waals surface area (Å²) < 4.78 is 32.4. The van der Waals surface area contributed by atoms with E-state index < -0.39 is 10.0 Å². The Morgan fingerprint density at radius 1 is 1.14 bits per heavy atom. The highest BCUT2D eigenvalue weighted by molar-refractivity contribution is 7.92. The molecule has 2 heterocycles. The molecule has 1 aromatic carbocycles. The lowest BCUT2D eigenvalue weighted by Crippen LogP contribution is -2.40. The van der Waals surface area contributed by atoms with Gasteiger partial charge in [0.25, 0.3) is 10.0 Å². The molecule has 2 N–H and O–H groups in total. The number of carbonyl (C=O) groups is 2.